The van der Waals surface area contributed by atoms with E-state index < -0.39 is 23.7 Å². The van der Waals surface area contributed by atoms with Crippen LogP contribution < -0.4 is 0 Å². The maximum Gasteiger partial charge on any atom is 0.192 e. The molecule has 0 spiro atoms. The third-order valence-corrected chi connectivity index (χ3v) is 1.90. The van der Waals surface area contributed by atoms with E-state index in [4.69, 9.17) is 39.6 Å². The van der Waals surface area contributed by atoms with Crippen LogP contribution in [0.1, 0.15) is 6.92 Å². The summed E-state index contributed by atoms with van der Waals surface area (Å²) in [4.78, 5) is 2.57. The molecule has 0 aliphatic carbocycles. The Bertz CT molecular complexity index is 238. The highest BCUT2D eigenvalue weighted by Gasteiger charge is 2.32. The van der Waals surface area contributed by atoms with E-state index in [2.05, 4.69) is 10.0 Å². The Kier molecular flexibility index (Phi) is 6.71. The molecule has 0 amide bonds. The van der Waals surface area contributed by atoms with E-state index in [-0.39, 0.29) is 6.61 Å². The normalized spacial score (nSPS) is 18.7. The molecule has 0 aliphatic rings. The fourth-order valence-corrected chi connectivity index (χ4v) is 0.907. The van der Waals surface area contributed by atoms with Crippen molar-refractivity contribution in [3.05, 3.63) is 10.4 Å². The molecule has 0 aromatic carbocycles. The van der Waals surface area contributed by atoms with Crippen molar-refractivity contribution in [1.82, 2.24) is 0 Å². The molecule has 0 fully saturated rings. The monoisotopic (exact) mass is 233 g/mol. The van der Waals surface area contributed by atoms with Gasteiger partial charge in [0, 0.05) is 23.4 Å². The number of aliphatic hydroxyl groups excluding tert-OH is 1. The molecule has 0 aliphatic heterocycles. The number of hydrogen-bond donors (Lipinski definition) is 1. The van der Waals surface area contributed by atoms with Crippen molar-refractivity contribution in [2.24, 2.45) is 5.11 Å². The Morgan fingerprint density at radius 1 is 1.73 bits per heavy atom. The number of rotatable bonds is 7. The van der Waals surface area contributed by atoms with E-state index in [1.54, 1.807) is 6.92 Å². The maximum atomic E-state index is 9.10. The van der Waals surface area contributed by atoms with Gasteiger partial charge < -0.3 is 14.6 Å². The second-order valence-electron chi connectivity index (χ2n) is 2.99. The standard InChI is InChI=1S/C7H13BClN3O3/c1-5(9)6(8)15-7(3-13,4-14-2)11-12-10/h5-6,13H,3-4H2,1-2H3/t5-,6+,7-/m0/s1. The van der Waals surface area contributed by atoms with Gasteiger partial charge in [0.1, 0.15) is 7.85 Å². The smallest absolute Gasteiger partial charge is 0.192 e. The van der Waals surface area contributed by atoms with Gasteiger partial charge in [-0.15, -0.1) is 11.6 Å². The Balaban J connectivity index is 4.67. The van der Waals surface area contributed by atoms with Gasteiger partial charge in [-0.1, -0.05) is 5.11 Å². The predicted molar refractivity (Wildman–Crippen MR) is 56.8 cm³/mol. The van der Waals surface area contributed by atoms with Crippen LogP contribution >= 0.6 is 11.6 Å². The molecule has 84 valence electrons. The molecule has 1 N–H and O–H groups in total. The zero-order valence-electron chi connectivity index (χ0n) is 8.63. The van der Waals surface area contributed by atoms with Gasteiger partial charge in [0.2, 0.25) is 0 Å². The van der Waals surface area contributed by atoms with Crippen molar-refractivity contribution in [3.63, 3.8) is 0 Å². The Labute approximate surface area is 94.5 Å². The summed E-state index contributed by atoms with van der Waals surface area (Å²) in [5, 5.41) is 11.9. The third-order valence-electron chi connectivity index (χ3n) is 1.65. The summed E-state index contributed by atoms with van der Waals surface area (Å²) in [6.45, 7) is 0.977. The van der Waals surface area contributed by atoms with Crippen LogP contribution in [-0.2, 0) is 9.47 Å². The summed E-state index contributed by atoms with van der Waals surface area (Å²) in [6.07, 6.45) is 0. The molecular weight excluding hydrogens is 220 g/mol. The van der Waals surface area contributed by atoms with Gasteiger partial charge in [-0.05, 0) is 12.5 Å². The van der Waals surface area contributed by atoms with E-state index >= 15 is 0 Å². The van der Waals surface area contributed by atoms with Gasteiger partial charge in [-0.25, -0.2) is 0 Å². The molecule has 0 saturated heterocycles. The molecule has 3 atom stereocenters. The Hall–Kier alpha value is -0.455. The van der Waals surface area contributed by atoms with Gasteiger partial charge in [0.05, 0.1) is 13.2 Å². The van der Waals surface area contributed by atoms with Crippen molar-refractivity contribution >= 4 is 19.4 Å². The van der Waals surface area contributed by atoms with Crippen LogP contribution in [0, 0.1) is 0 Å². The average Bonchev–Trinajstić information content (AvgIpc) is 2.18. The van der Waals surface area contributed by atoms with Crippen LogP contribution in [0.3, 0.4) is 0 Å². The largest absolute Gasteiger partial charge is 0.393 e. The Morgan fingerprint density at radius 2 is 2.33 bits per heavy atom. The molecular formula is C7H13BClN3O3. The minimum Gasteiger partial charge on any atom is -0.393 e. The fraction of sp³-hybridized carbons (Fsp3) is 1.00. The molecule has 0 aromatic rings. The molecule has 0 heterocycles. The highest BCUT2D eigenvalue weighted by Crippen LogP contribution is 2.18. The van der Waals surface area contributed by atoms with Crippen molar-refractivity contribution in [1.29, 1.82) is 0 Å². The van der Waals surface area contributed by atoms with Crippen molar-refractivity contribution in [2.75, 3.05) is 20.3 Å². The minimum absolute atomic E-state index is 0.106. The van der Waals surface area contributed by atoms with E-state index in [9.17, 15) is 0 Å². The summed E-state index contributed by atoms with van der Waals surface area (Å²) in [5.41, 5.74) is 6.83. The molecule has 8 heteroatoms. The topological polar surface area (TPSA) is 87.5 Å². The van der Waals surface area contributed by atoms with Crippen LogP contribution in [0.2, 0.25) is 0 Å². The highest BCUT2D eigenvalue weighted by atomic mass is 35.5. The van der Waals surface area contributed by atoms with E-state index in [0.717, 1.165) is 0 Å². The van der Waals surface area contributed by atoms with E-state index in [1.165, 1.54) is 7.11 Å². The lowest BCUT2D eigenvalue weighted by Gasteiger charge is -2.31. The van der Waals surface area contributed by atoms with Crippen LogP contribution in [0.25, 0.3) is 10.4 Å². The van der Waals surface area contributed by atoms with Crippen molar-refractivity contribution in [3.8, 4) is 0 Å². The first-order valence-corrected chi connectivity index (χ1v) is 4.68. The third kappa shape index (κ3) is 4.73. The SMILES string of the molecule is [B][C@H](O[C@@](CO)(COC)N=[N+]=[N-])[C@H](C)Cl. The zero-order chi connectivity index (χ0) is 11.9. The van der Waals surface area contributed by atoms with E-state index in [0.29, 0.717) is 0 Å². The molecule has 0 rings (SSSR count). The lowest BCUT2D eigenvalue weighted by atomic mass is 9.96. The van der Waals surface area contributed by atoms with Gasteiger partial charge >= 0.3 is 0 Å². The van der Waals surface area contributed by atoms with Gasteiger partial charge in [0.25, 0.3) is 0 Å². The second kappa shape index (κ2) is 6.92. The predicted octanol–water partition coefficient (Wildman–Crippen LogP) is 0.770. The summed E-state index contributed by atoms with van der Waals surface area (Å²) >= 11 is 5.68. The molecule has 0 unspecified atom stereocenters. The first-order chi connectivity index (χ1) is 7.01. The molecule has 2 radical (unpaired) electrons. The lowest BCUT2D eigenvalue weighted by molar-refractivity contribution is -0.123. The number of ether oxygens (including phenoxy) is 2. The number of azide groups is 1. The number of nitrogens with zero attached hydrogens (tertiary/aromatic N) is 3. The van der Waals surface area contributed by atoms with E-state index in [1.807, 2.05) is 0 Å². The number of halogens is 1. The Morgan fingerprint density at radius 3 is 2.67 bits per heavy atom. The summed E-state index contributed by atoms with van der Waals surface area (Å²) in [6, 6.07) is -0.862. The second-order valence-corrected chi connectivity index (χ2v) is 3.68. The molecule has 0 bridgehead atoms. The first kappa shape index (κ1) is 14.5. The van der Waals surface area contributed by atoms with Crippen molar-refractivity contribution in [2.45, 2.75) is 24.0 Å². The number of methoxy groups -OCH3 is 1. The quantitative estimate of drug-likeness (QED) is 0.232. The molecule has 15 heavy (non-hydrogen) atoms. The molecule has 0 aromatic heterocycles. The average molecular weight is 233 g/mol. The van der Waals surface area contributed by atoms with Crippen LogP contribution in [-0.4, -0.2) is 50.4 Å². The molecule has 0 saturated carbocycles. The summed E-state index contributed by atoms with van der Waals surface area (Å²) < 4.78 is 9.96. The van der Waals surface area contributed by atoms with Crippen molar-refractivity contribution < 1.29 is 14.6 Å². The number of alkyl halides is 1. The zero-order valence-corrected chi connectivity index (χ0v) is 9.39. The summed E-state index contributed by atoms with van der Waals surface area (Å²) in [5.74, 6) is 0. The first-order valence-electron chi connectivity index (χ1n) is 4.25. The van der Waals surface area contributed by atoms with Gasteiger partial charge in [0.15, 0.2) is 5.72 Å². The highest BCUT2D eigenvalue weighted by molar-refractivity contribution is 6.26. The van der Waals surface area contributed by atoms with Gasteiger partial charge in [-0.2, -0.15) is 0 Å². The van der Waals surface area contributed by atoms with Gasteiger partial charge in [-0.3, -0.25) is 0 Å². The molecule has 6 nitrogen and oxygen atoms in total. The summed E-state index contributed by atoms with van der Waals surface area (Å²) in [7, 11) is 6.92. The number of aliphatic hydroxyl groups is 1. The fourth-order valence-electron chi connectivity index (χ4n) is 0.855. The number of hydrogen-bond acceptors (Lipinski definition) is 4. The van der Waals surface area contributed by atoms with Crippen LogP contribution in [0.4, 0.5) is 0 Å². The van der Waals surface area contributed by atoms with Crippen LogP contribution in [0.15, 0.2) is 5.11 Å². The minimum atomic E-state index is -1.52. The lowest BCUT2D eigenvalue weighted by Crippen LogP contribution is -2.44. The maximum absolute atomic E-state index is 9.10. The van der Waals surface area contributed by atoms with Crippen LogP contribution in [0.5, 0.6) is 0 Å².